The number of aromatic amines is 1. The summed E-state index contributed by atoms with van der Waals surface area (Å²) < 4.78 is 21.5. The Balaban J connectivity index is 0.00000259. The van der Waals surface area contributed by atoms with Crippen LogP contribution in [-0.2, 0) is 30.2 Å². The Morgan fingerprint density at radius 3 is 2.73 bits per heavy atom. The van der Waals surface area contributed by atoms with E-state index in [1.807, 2.05) is 12.1 Å². The summed E-state index contributed by atoms with van der Waals surface area (Å²) in [7, 11) is 4.63. The van der Waals surface area contributed by atoms with Crippen LogP contribution in [0.15, 0.2) is 18.2 Å². The smallest absolute Gasteiger partial charge is 0.649 e. The second-order valence-corrected chi connectivity index (χ2v) is 9.07. The fraction of sp³-hybridized carbons (Fsp3) is 0.583. The van der Waals surface area contributed by atoms with Crippen LogP contribution < -0.4 is 62.9 Å². The van der Waals surface area contributed by atoms with Crippen molar-refractivity contribution < 1.29 is 86.7 Å². The van der Waals surface area contributed by atoms with Crippen molar-refractivity contribution in [2.75, 3.05) is 34.4 Å². The molecule has 3 heterocycles. The maximum absolute atomic E-state index is 12.9. The van der Waals surface area contributed by atoms with Crippen molar-refractivity contribution in [2.45, 2.75) is 37.5 Å². The summed E-state index contributed by atoms with van der Waals surface area (Å²) in [6.45, 7) is 3.36. The molecule has 0 radical (unpaired) electrons. The summed E-state index contributed by atoms with van der Waals surface area (Å²) in [6.07, 6.45) is 1.41. The Morgan fingerprint density at radius 1 is 1.21 bits per heavy atom. The minimum absolute atomic E-state index is 0. The van der Waals surface area contributed by atoms with Crippen LogP contribution in [0.25, 0.3) is 10.9 Å². The Kier molecular flexibility index (Phi) is 8.03. The zero-order valence-corrected chi connectivity index (χ0v) is 24.5. The van der Waals surface area contributed by atoms with Gasteiger partial charge in [-0.2, -0.15) is 0 Å². The third-order valence-electron chi connectivity index (χ3n) is 7.80. The number of carbonyl (C=O) groups excluding carboxylic acids is 2. The van der Waals surface area contributed by atoms with Crippen LogP contribution in [0.4, 0.5) is 0 Å². The third kappa shape index (κ3) is 4.36. The number of rotatable bonds is 5. The summed E-state index contributed by atoms with van der Waals surface area (Å²) in [5, 5.41) is 1.24. The van der Waals surface area contributed by atoms with Crippen LogP contribution in [0.3, 0.4) is 0 Å². The number of fused-ring (bicyclic) bond motifs is 6. The summed E-state index contributed by atoms with van der Waals surface area (Å²) in [4.78, 5) is 30.0. The molecule has 0 amide bonds. The molecular formula is C24H29N2O6Rb. The number of aromatic nitrogens is 1. The molecule has 2 aliphatic heterocycles. The molecule has 0 bridgehead atoms. The van der Waals surface area contributed by atoms with E-state index in [1.165, 1.54) is 23.8 Å². The first-order valence-corrected chi connectivity index (χ1v) is 11.2. The van der Waals surface area contributed by atoms with Gasteiger partial charge in [-0.25, -0.2) is 0 Å². The molecule has 1 N–H and O–H groups in total. The number of hydrogen-bond donors (Lipinski definition) is 1. The van der Waals surface area contributed by atoms with E-state index in [9.17, 15) is 9.59 Å². The normalized spacial score (nSPS) is 30.9. The van der Waals surface area contributed by atoms with Gasteiger partial charge in [-0.05, 0) is 48.8 Å². The van der Waals surface area contributed by atoms with Crippen LogP contribution in [-0.4, -0.2) is 69.0 Å². The fourth-order valence-electron chi connectivity index (χ4n) is 6.42. The van der Waals surface area contributed by atoms with E-state index in [0.717, 1.165) is 37.2 Å². The third-order valence-corrected chi connectivity index (χ3v) is 7.80. The molecule has 8 nitrogen and oxygen atoms in total. The van der Waals surface area contributed by atoms with Gasteiger partial charge in [0, 0.05) is 42.9 Å². The average molecular weight is 527 g/mol. The summed E-state index contributed by atoms with van der Waals surface area (Å²) in [6, 6.07) is 6.36. The standard InChI is InChI=1S/C24H29N2O6.Rb/c1-29-14-4-5-15-16-6-7-26-11-13-8-20(32-12-27)23(30-2)21(24(28)31-3)17(13)10-19(26)22(16)25-18(15)9-14;/h4-5,9,13,17,19-21,23,25H,6-8,10-11H2,1-3H3;/q-1;+1/t13-,17+,19-,20-,21+,23+;/m1./s1. The molecule has 1 aromatic carbocycles. The van der Waals surface area contributed by atoms with Gasteiger partial charge in [-0.3, -0.25) is 9.69 Å². The monoisotopic (exact) mass is 526 g/mol. The van der Waals surface area contributed by atoms with Gasteiger partial charge in [-0.15, -0.1) is 0 Å². The predicted molar refractivity (Wildman–Crippen MR) is 116 cm³/mol. The molecule has 3 aliphatic rings. The van der Waals surface area contributed by atoms with Crippen LogP contribution in [0.2, 0.25) is 0 Å². The van der Waals surface area contributed by atoms with Gasteiger partial charge in [-0.1, -0.05) is 6.47 Å². The molecule has 1 aromatic heterocycles. The molecule has 2 fully saturated rings. The van der Waals surface area contributed by atoms with Crippen molar-refractivity contribution in [3.8, 4) is 5.75 Å². The molecule has 172 valence electrons. The molecule has 5 rings (SSSR count). The van der Waals surface area contributed by atoms with Crippen molar-refractivity contribution in [1.29, 1.82) is 0 Å². The van der Waals surface area contributed by atoms with E-state index in [2.05, 4.69) is 16.0 Å². The molecule has 0 spiro atoms. The second-order valence-electron chi connectivity index (χ2n) is 9.07. The van der Waals surface area contributed by atoms with E-state index in [1.54, 1.807) is 20.7 Å². The molecule has 33 heavy (non-hydrogen) atoms. The zero-order valence-electron chi connectivity index (χ0n) is 19.6. The number of piperidine rings is 1. The fourth-order valence-corrected chi connectivity index (χ4v) is 6.42. The van der Waals surface area contributed by atoms with Crippen molar-refractivity contribution in [3.63, 3.8) is 0 Å². The first kappa shape index (κ1) is 25.3. The number of esters is 1. The second kappa shape index (κ2) is 10.5. The Bertz CT molecular complexity index is 1030. The van der Waals surface area contributed by atoms with Gasteiger partial charge < -0.3 is 28.7 Å². The molecule has 9 heteroatoms. The molecule has 6 atom stereocenters. The van der Waals surface area contributed by atoms with Gasteiger partial charge in [0.25, 0.3) is 0 Å². The maximum atomic E-state index is 12.9. The number of nitrogens with zero attached hydrogens (tertiary/aromatic N) is 1. The largest absolute Gasteiger partial charge is 1.00 e. The molecule has 1 aliphatic carbocycles. The van der Waals surface area contributed by atoms with E-state index < -0.39 is 18.1 Å². The first-order valence-electron chi connectivity index (χ1n) is 11.2. The maximum Gasteiger partial charge on any atom is 1.00 e. The van der Waals surface area contributed by atoms with Crippen molar-refractivity contribution >= 4 is 23.3 Å². The van der Waals surface area contributed by atoms with Gasteiger partial charge in [0.15, 0.2) is 0 Å². The molecule has 0 unspecified atom stereocenters. The Morgan fingerprint density at radius 2 is 2.03 bits per heavy atom. The van der Waals surface area contributed by atoms with E-state index in [0.29, 0.717) is 6.42 Å². The van der Waals surface area contributed by atoms with Gasteiger partial charge in [0.2, 0.25) is 0 Å². The van der Waals surface area contributed by atoms with Crippen LogP contribution in [0, 0.1) is 17.8 Å². The van der Waals surface area contributed by atoms with Crippen molar-refractivity contribution in [2.24, 2.45) is 17.8 Å². The van der Waals surface area contributed by atoms with E-state index in [-0.39, 0.29) is 82.0 Å². The van der Waals surface area contributed by atoms with E-state index in [4.69, 9.17) is 18.9 Å². The summed E-state index contributed by atoms with van der Waals surface area (Å²) in [5.41, 5.74) is 3.67. The van der Waals surface area contributed by atoms with Gasteiger partial charge >= 0.3 is 64.2 Å². The quantitative estimate of drug-likeness (QED) is 0.410. The topological polar surface area (TPSA) is 90.1 Å². The Hall–Kier alpha value is -0.775. The molecule has 1 saturated carbocycles. The number of hydrogen-bond acceptors (Lipinski definition) is 7. The number of H-pyrrole nitrogens is 1. The number of methoxy groups -OCH3 is 3. The molecule has 2 aromatic rings. The van der Waals surface area contributed by atoms with Crippen LogP contribution in [0.1, 0.15) is 30.1 Å². The van der Waals surface area contributed by atoms with Crippen molar-refractivity contribution in [1.82, 2.24) is 9.88 Å². The minimum Gasteiger partial charge on any atom is -0.649 e. The number of ether oxygens (including phenoxy) is 4. The van der Waals surface area contributed by atoms with Crippen molar-refractivity contribution in [3.05, 3.63) is 29.5 Å². The van der Waals surface area contributed by atoms with Gasteiger partial charge in [0.05, 0.1) is 32.3 Å². The average Bonchev–Trinajstić information content (AvgIpc) is 3.19. The SMILES string of the molecule is COC(=O)[C@H]1[C@H]2C[C@@H]3c4[nH]c5cc(OC)ccc5c4CCN3C[C@H]2C[C@@H](O[C-]=O)[C@@H]1OC.[Rb+]. The van der Waals surface area contributed by atoms with Gasteiger partial charge in [0.1, 0.15) is 11.9 Å². The summed E-state index contributed by atoms with van der Waals surface area (Å²) >= 11 is 0. The number of nitrogens with one attached hydrogen (secondary N) is 1. The molecular weight excluding hydrogens is 498 g/mol. The number of carbonyl (C=O) groups is 1. The first-order chi connectivity index (χ1) is 15.6. The predicted octanol–water partition coefficient (Wildman–Crippen LogP) is -0.624. The molecule has 1 saturated heterocycles. The number of benzene rings is 1. The van der Waals surface area contributed by atoms with Crippen LogP contribution in [0.5, 0.6) is 5.75 Å². The summed E-state index contributed by atoms with van der Waals surface area (Å²) in [5.74, 6) is 0.324. The van der Waals surface area contributed by atoms with Crippen LogP contribution >= 0.6 is 0 Å². The minimum atomic E-state index is -0.535. The van der Waals surface area contributed by atoms with E-state index >= 15 is 0 Å². The zero-order chi connectivity index (χ0) is 22.4. The Labute approximate surface area is 242 Å².